The molecule has 186 valence electrons. The summed E-state index contributed by atoms with van der Waals surface area (Å²) in [6.45, 7) is 3.73. The molecule has 1 aliphatic rings. The summed E-state index contributed by atoms with van der Waals surface area (Å²) in [6.07, 6.45) is 1.97. The summed E-state index contributed by atoms with van der Waals surface area (Å²) in [6, 6.07) is 17.9. The Hall–Kier alpha value is -3.42. The maximum Gasteiger partial charge on any atom is 0.254 e. The minimum atomic E-state index is -0.0937. The monoisotopic (exact) mass is 502 g/mol. The van der Waals surface area contributed by atoms with Crippen LogP contribution in [0.4, 0.5) is 0 Å². The number of carbonyl (C=O) groups excluding carboxylic acids is 1. The van der Waals surface area contributed by atoms with E-state index in [1.165, 1.54) is 5.56 Å². The van der Waals surface area contributed by atoms with Gasteiger partial charge in [0.2, 0.25) is 0 Å². The van der Waals surface area contributed by atoms with Gasteiger partial charge in [-0.05, 0) is 66.6 Å². The van der Waals surface area contributed by atoms with Gasteiger partial charge in [0.15, 0.2) is 0 Å². The molecule has 2 aromatic carbocycles. The third-order valence-electron chi connectivity index (χ3n) is 6.50. The van der Waals surface area contributed by atoms with Gasteiger partial charge in [0, 0.05) is 36.7 Å². The first-order valence-corrected chi connectivity index (χ1v) is 13.0. The fourth-order valence-electron chi connectivity index (χ4n) is 4.64. The van der Waals surface area contributed by atoms with E-state index >= 15 is 0 Å². The molecule has 1 atom stereocenters. The molecule has 0 radical (unpaired) electrons. The molecule has 36 heavy (non-hydrogen) atoms. The number of benzene rings is 2. The van der Waals surface area contributed by atoms with Crippen molar-refractivity contribution in [2.24, 2.45) is 0 Å². The van der Waals surface area contributed by atoms with E-state index in [-0.39, 0.29) is 12.0 Å². The van der Waals surface area contributed by atoms with Crippen molar-refractivity contribution >= 4 is 28.1 Å². The number of pyridine rings is 1. The van der Waals surface area contributed by atoms with Crippen LogP contribution in [-0.4, -0.2) is 49.3 Å². The average molecular weight is 503 g/mol. The molecule has 0 bridgehead atoms. The lowest BCUT2D eigenvalue weighted by atomic mass is 10.0. The highest BCUT2D eigenvalue weighted by Gasteiger charge is 2.26. The van der Waals surface area contributed by atoms with Crippen molar-refractivity contribution in [3.8, 4) is 22.1 Å². The SMILES string of the molecule is COc1cc(OC)cc(C(=O)N(Cc2cc3ccc(C)cc3nc2-c2cccs2)CC2CCCO2)c1. The van der Waals surface area contributed by atoms with Crippen molar-refractivity contribution in [1.82, 2.24) is 9.88 Å². The zero-order chi connectivity index (χ0) is 25.1. The lowest BCUT2D eigenvalue weighted by Gasteiger charge is -2.27. The third-order valence-corrected chi connectivity index (χ3v) is 7.38. The van der Waals surface area contributed by atoms with Crippen LogP contribution in [-0.2, 0) is 11.3 Å². The second kappa shape index (κ2) is 10.7. The summed E-state index contributed by atoms with van der Waals surface area (Å²) in [5.41, 5.74) is 4.57. The molecule has 3 heterocycles. The van der Waals surface area contributed by atoms with Crippen LogP contribution in [0.5, 0.6) is 11.5 Å². The molecule has 1 fully saturated rings. The van der Waals surface area contributed by atoms with Gasteiger partial charge in [-0.1, -0.05) is 18.2 Å². The summed E-state index contributed by atoms with van der Waals surface area (Å²) in [5.74, 6) is 1.07. The van der Waals surface area contributed by atoms with Crippen LogP contribution in [0.25, 0.3) is 21.5 Å². The highest BCUT2D eigenvalue weighted by Crippen LogP contribution is 2.32. The molecule has 5 rings (SSSR count). The Morgan fingerprint density at radius 1 is 1.11 bits per heavy atom. The van der Waals surface area contributed by atoms with Crippen LogP contribution in [0, 0.1) is 6.92 Å². The van der Waals surface area contributed by atoms with Crippen molar-refractivity contribution < 1.29 is 19.0 Å². The first-order chi connectivity index (χ1) is 17.5. The quantitative estimate of drug-likeness (QED) is 0.291. The molecule has 1 aliphatic heterocycles. The second-order valence-electron chi connectivity index (χ2n) is 9.09. The molecule has 7 heteroatoms. The fourth-order valence-corrected chi connectivity index (χ4v) is 5.39. The summed E-state index contributed by atoms with van der Waals surface area (Å²) < 4.78 is 16.8. The Labute approximate surface area is 215 Å². The molecule has 6 nitrogen and oxygen atoms in total. The number of thiophene rings is 1. The molecule has 1 unspecified atom stereocenters. The minimum absolute atomic E-state index is 0.0164. The van der Waals surface area contributed by atoms with E-state index in [2.05, 4.69) is 42.6 Å². The van der Waals surface area contributed by atoms with Crippen molar-refractivity contribution in [3.63, 3.8) is 0 Å². The van der Waals surface area contributed by atoms with E-state index < -0.39 is 0 Å². The number of aryl methyl sites for hydroxylation is 1. The Kier molecular flexibility index (Phi) is 7.20. The first kappa shape index (κ1) is 24.3. The van der Waals surface area contributed by atoms with Gasteiger partial charge in [-0.25, -0.2) is 4.98 Å². The van der Waals surface area contributed by atoms with Gasteiger partial charge in [0.1, 0.15) is 11.5 Å². The maximum atomic E-state index is 13.9. The number of rotatable bonds is 8. The smallest absolute Gasteiger partial charge is 0.254 e. The molecule has 0 saturated carbocycles. The number of methoxy groups -OCH3 is 2. The van der Waals surface area contributed by atoms with Gasteiger partial charge in [-0.2, -0.15) is 0 Å². The first-order valence-electron chi connectivity index (χ1n) is 12.1. The summed E-state index contributed by atoms with van der Waals surface area (Å²) in [7, 11) is 3.17. The van der Waals surface area contributed by atoms with E-state index in [0.717, 1.165) is 46.5 Å². The molecular formula is C29H30N2O4S. The van der Waals surface area contributed by atoms with Crippen molar-refractivity contribution in [1.29, 1.82) is 0 Å². The topological polar surface area (TPSA) is 60.9 Å². The van der Waals surface area contributed by atoms with Gasteiger partial charge in [-0.15, -0.1) is 11.3 Å². The van der Waals surface area contributed by atoms with Crippen LogP contribution in [0.1, 0.15) is 34.3 Å². The Morgan fingerprint density at radius 3 is 2.58 bits per heavy atom. The molecule has 0 spiro atoms. The number of aromatic nitrogens is 1. The standard InChI is InChI=1S/C29H30N2O4S/c1-19-8-9-20-13-22(28(30-26(20)12-19)27-7-5-11-36-27)17-31(18-23-6-4-10-35-23)29(32)21-14-24(33-2)16-25(15-21)34-3/h5,7-9,11-16,23H,4,6,10,17-18H2,1-3H3. The number of nitrogens with zero attached hydrogens (tertiary/aromatic N) is 2. The van der Waals surface area contributed by atoms with E-state index in [1.54, 1.807) is 43.8 Å². The molecule has 1 amide bonds. The Bertz CT molecular complexity index is 1340. The maximum absolute atomic E-state index is 13.9. The largest absolute Gasteiger partial charge is 0.497 e. The summed E-state index contributed by atoms with van der Waals surface area (Å²) in [4.78, 5) is 21.9. The second-order valence-corrected chi connectivity index (χ2v) is 10.0. The van der Waals surface area contributed by atoms with Gasteiger partial charge in [-0.3, -0.25) is 4.79 Å². The van der Waals surface area contributed by atoms with Crippen molar-refractivity contribution in [2.75, 3.05) is 27.4 Å². The molecule has 0 N–H and O–H groups in total. The van der Waals surface area contributed by atoms with E-state index in [0.29, 0.717) is 30.2 Å². The number of amides is 1. The fraction of sp³-hybridized carbons (Fsp3) is 0.310. The predicted octanol–water partition coefficient (Wildman–Crippen LogP) is 6.11. The molecule has 2 aromatic heterocycles. The molecule has 1 saturated heterocycles. The number of hydrogen-bond acceptors (Lipinski definition) is 6. The van der Waals surface area contributed by atoms with Gasteiger partial charge < -0.3 is 19.1 Å². The zero-order valence-corrected chi connectivity index (χ0v) is 21.6. The number of ether oxygens (including phenoxy) is 3. The average Bonchev–Trinajstić information content (AvgIpc) is 3.62. The normalized spacial score (nSPS) is 15.2. The molecule has 4 aromatic rings. The molecular weight excluding hydrogens is 472 g/mol. The van der Waals surface area contributed by atoms with Gasteiger partial charge in [0.05, 0.1) is 36.4 Å². The number of fused-ring (bicyclic) bond motifs is 1. The van der Waals surface area contributed by atoms with E-state index in [1.807, 2.05) is 11.0 Å². The van der Waals surface area contributed by atoms with Crippen molar-refractivity contribution in [2.45, 2.75) is 32.4 Å². The lowest BCUT2D eigenvalue weighted by molar-refractivity contribution is 0.0507. The summed E-state index contributed by atoms with van der Waals surface area (Å²) >= 11 is 1.65. The van der Waals surface area contributed by atoms with Crippen molar-refractivity contribution in [3.05, 3.63) is 76.7 Å². The van der Waals surface area contributed by atoms with Gasteiger partial charge >= 0.3 is 0 Å². The van der Waals surface area contributed by atoms with Crippen LogP contribution in [0.15, 0.2) is 60.0 Å². The third kappa shape index (κ3) is 5.22. The van der Waals surface area contributed by atoms with E-state index in [4.69, 9.17) is 19.2 Å². The highest BCUT2D eigenvalue weighted by molar-refractivity contribution is 7.13. The van der Waals surface area contributed by atoms with Crippen LogP contribution < -0.4 is 9.47 Å². The summed E-state index contributed by atoms with van der Waals surface area (Å²) in [5, 5.41) is 3.11. The van der Waals surface area contributed by atoms with Crippen LogP contribution >= 0.6 is 11.3 Å². The van der Waals surface area contributed by atoms with Gasteiger partial charge in [0.25, 0.3) is 5.91 Å². The Balaban J connectivity index is 1.56. The Morgan fingerprint density at radius 2 is 1.92 bits per heavy atom. The van der Waals surface area contributed by atoms with Crippen LogP contribution in [0.3, 0.4) is 0 Å². The highest BCUT2D eigenvalue weighted by atomic mass is 32.1. The lowest BCUT2D eigenvalue weighted by Crippen LogP contribution is -2.37. The number of carbonyl (C=O) groups is 1. The minimum Gasteiger partial charge on any atom is -0.497 e. The molecule has 0 aliphatic carbocycles. The predicted molar refractivity (Wildman–Crippen MR) is 143 cm³/mol. The zero-order valence-electron chi connectivity index (χ0n) is 20.8. The van der Waals surface area contributed by atoms with E-state index in [9.17, 15) is 4.79 Å². The number of hydrogen-bond donors (Lipinski definition) is 0. The van der Waals surface area contributed by atoms with Crippen LogP contribution in [0.2, 0.25) is 0 Å².